The summed E-state index contributed by atoms with van der Waals surface area (Å²) < 4.78 is 2.74. The number of hydrogen-bond donors (Lipinski definition) is 0. The smallest absolute Gasteiger partial charge is 0.343 e. The molecule has 0 unspecified atom stereocenters. The van der Waals surface area contributed by atoms with Crippen LogP contribution in [0.1, 0.15) is 85.0 Å². The van der Waals surface area contributed by atoms with Crippen molar-refractivity contribution >= 4 is 66.9 Å². The maximum Gasteiger partial charge on any atom is 0.343 e. The lowest BCUT2D eigenvalue weighted by Crippen LogP contribution is -2.62. The molecule has 4 heterocycles. The van der Waals surface area contributed by atoms with E-state index in [0.29, 0.717) is 0 Å². The number of aryl methyl sites for hydroxylation is 2. The van der Waals surface area contributed by atoms with Gasteiger partial charge in [-0.2, -0.15) is 0 Å². The topological polar surface area (TPSA) is 6.48 Å². The van der Waals surface area contributed by atoms with Gasteiger partial charge >= 0.3 is 6.85 Å². The Bertz CT molecular complexity index is 3010. The second-order valence-electron chi connectivity index (χ2n) is 18.8. The van der Waals surface area contributed by atoms with E-state index >= 15 is 0 Å². The molecule has 1 aliphatic carbocycles. The number of benzene rings is 7. The summed E-state index contributed by atoms with van der Waals surface area (Å²) in [5.74, 6) is 0. The van der Waals surface area contributed by atoms with Gasteiger partial charge in [0.2, 0.25) is 0 Å². The highest BCUT2D eigenvalue weighted by molar-refractivity contribution is 7.32. The molecular formula is C55H47BN2S. The number of rotatable bonds is 3. The van der Waals surface area contributed by atoms with Crippen molar-refractivity contribution in [2.24, 2.45) is 0 Å². The van der Waals surface area contributed by atoms with E-state index in [4.69, 9.17) is 0 Å². The van der Waals surface area contributed by atoms with Crippen molar-refractivity contribution in [2.75, 3.05) is 9.71 Å². The Labute approximate surface area is 352 Å². The van der Waals surface area contributed by atoms with E-state index < -0.39 is 5.41 Å². The number of para-hydroxylation sites is 2. The average Bonchev–Trinajstić information content (AvgIpc) is 3.63. The zero-order valence-corrected chi connectivity index (χ0v) is 35.5. The fourth-order valence-electron chi connectivity index (χ4n) is 11.7. The molecule has 0 N–H and O–H groups in total. The number of hydrogen-bond acceptors (Lipinski definition) is 3. The van der Waals surface area contributed by atoms with E-state index in [-0.39, 0.29) is 17.7 Å². The summed E-state index contributed by atoms with van der Waals surface area (Å²) in [5, 5.41) is 1.32. The van der Waals surface area contributed by atoms with Gasteiger partial charge in [-0.15, -0.1) is 11.3 Å². The highest BCUT2D eigenvalue weighted by Crippen LogP contribution is 2.61. The summed E-state index contributed by atoms with van der Waals surface area (Å²) in [4.78, 5) is 5.44. The van der Waals surface area contributed by atoms with E-state index in [9.17, 15) is 0 Å². The van der Waals surface area contributed by atoms with Crippen LogP contribution in [0.3, 0.4) is 0 Å². The standard InChI is InChI=1S/C55H47BN2S/c1-34-30-40-38-23-17-25-42-50(38)58(45-26-15-14-24-41(45)55(42,36-18-9-7-10-19-36)37-20-11-8-12-21-37)56-49(40)47(31-34)57(51-39-22-13-16-27-48(39)59-52(51)56)46-33-44-43(32-35(46)2)53(3,4)28-29-54(44,5)6/h7-27,30-33H,28-29H2,1-6H3. The van der Waals surface area contributed by atoms with Crippen molar-refractivity contribution in [3.8, 4) is 11.1 Å². The molecule has 1 aromatic heterocycles. The molecule has 4 aliphatic rings. The molecule has 0 bridgehead atoms. The second-order valence-corrected chi connectivity index (χ2v) is 19.9. The summed E-state index contributed by atoms with van der Waals surface area (Å²) in [6.07, 6.45) is 2.39. The van der Waals surface area contributed by atoms with E-state index in [1.165, 1.54) is 117 Å². The van der Waals surface area contributed by atoms with Gasteiger partial charge < -0.3 is 9.71 Å². The normalized spacial score (nSPS) is 17.2. The molecule has 0 fully saturated rings. The van der Waals surface area contributed by atoms with Crippen LogP contribution in [-0.4, -0.2) is 6.85 Å². The van der Waals surface area contributed by atoms with Crippen LogP contribution in [-0.2, 0) is 16.2 Å². The first-order chi connectivity index (χ1) is 28.6. The lowest BCUT2D eigenvalue weighted by Gasteiger charge is -2.52. The summed E-state index contributed by atoms with van der Waals surface area (Å²) in [5.41, 5.74) is 21.1. The molecule has 3 aliphatic heterocycles. The van der Waals surface area contributed by atoms with Gasteiger partial charge in [-0.3, -0.25) is 0 Å². The van der Waals surface area contributed by atoms with Crippen LogP contribution >= 0.6 is 11.3 Å². The van der Waals surface area contributed by atoms with E-state index in [0.717, 1.165) is 0 Å². The quantitative estimate of drug-likeness (QED) is 0.165. The fourth-order valence-corrected chi connectivity index (χ4v) is 13.0. The van der Waals surface area contributed by atoms with Crippen molar-refractivity contribution < 1.29 is 0 Å². The number of thiophene rings is 1. The molecule has 0 saturated carbocycles. The molecule has 8 aromatic rings. The lowest BCUT2D eigenvalue weighted by molar-refractivity contribution is 0.332. The van der Waals surface area contributed by atoms with Crippen LogP contribution in [0.25, 0.3) is 21.2 Å². The molecule has 12 rings (SSSR count). The van der Waals surface area contributed by atoms with Gasteiger partial charge in [0.05, 0.1) is 11.1 Å². The Morgan fingerprint density at radius 2 is 1.15 bits per heavy atom. The Morgan fingerprint density at radius 3 is 1.88 bits per heavy atom. The molecule has 0 amide bonds. The molecule has 4 heteroatoms. The minimum atomic E-state index is -0.518. The van der Waals surface area contributed by atoms with Gasteiger partial charge in [-0.25, -0.2) is 0 Å². The summed E-state index contributed by atoms with van der Waals surface area (Å²) >= 11 is 1.98. The highest BCUT2D eigenvalue weighted by Gasteiger charge is 2.54. The third kappa shape index (κ3) is 4.59. The molecule has 286 valence electrons. The Hall–Kier alpha value is -5.84. The SMILES string of the molecule is Cc1cc2c3c(c1)N(c1cc4c(cc1C)C(C)(C)CCC4(C)C)c1c(sc4ccccc14)B3N1c3ccccc3C(c3ccccc3)(c3ccccc3)c3cccc-2c31. The predicted molar refractivity (Wildman–Crippen MR) is 252 cm³/mol. The largest absolute Gasteiger partial charge is 0.375 e. The predicted octanol–water partition coefficient (Wildman–Crippen LogP) is 13.3. The maximum absolute atomic E-state index is 2.75. The van der Waals surface area contributed by atoms with Crippen molar-refractivity contribution in [2.45, 2.75) is 70.6 Å². The molecule has 7 aromatic carbocycles. The third-order valence-electron chi connectivity index (χ3n) is 14.5. The van der Waals surface area contributed by atoms with Crippen molar-refractivity contribution in [3.05, 3.63) is 196 Å². The number of fused-ring (bicyclic) bond motifs is 9. The maximum atomic E-state index is 2.75. The van der Waals surface area contributed by atoms with Gasteiger partial charge in [0, 0.05) is 43.2 Å². The van der Waals surface area contributed by atoms with Crippen LogP contribution in [0.15, 0.2) is 152 Å². The first-order valence-electron chi connectivity index (χ1n) is 21.3. The second kappa shape index (κ2) is 12.1. The highest BCUT2D eigenvalue weighted by atomic mass is 32.1. The van der Waals surface area contributed by atoms with Gasteiger partial charge in [0.25, 0.3) is 0 Å². The minimum Gasteiger partial charge on any atom is -0.375 e. The summed E-state index contributed by atoms with van der Waals surface area (Å²) in [6.45, 7) is 14.4. The van der Waals surface area contributed by atoms with Gasteiger partial charge in [-0.05, 0) is 117 Å². The summed E-state index contributed by atoms with van der Waals surface area (Å²) in [6, 6.07) is 58.1. The van der Waals surface area contributed by atoms with Crippen molar-refractivity contribution in [1.29, 1.82) is 0 Å². The van der Waals surface area contributed by atoms with Crippen LogP contribution < -0.4 is 20.0 Å². The van der Waals surface area contributed by atoms with Crippen LogP contribution in [0.2, 0.25) is 0 Å². The lowest BCUT2D eigenvalue weighted by atomic mass is 9.45. The molecule has 0 spiro atoms. The van der Waals surface area contributed by atoms with Crippen LogP contribution in [0.5, 0.6) is 0 Å². The third-order valence-corrected chi connectivity index (χ3v) is 15.7. The van der Waals surface area contributed by atoms with Gasteiger partial charge in [-0.1, -0.05) is 155 Å². The van der Waals surface area contributed by atoms with Gasteiger partial charge in [0.1, 0.15) is 0 Å². The van der Waals surface area contributed by atoms with Crippen LogP contribution in [0, 0.1) is 13.8 Å². The molecule has 59 heavy (non-hydrogen) atoms. The Kier molecular flexibility index (Phi) is 7.22. The molecule has 0 saturated heterocycles. The minimum absolute atomic E-state index is 0.0168. The number of nitrogens with zero attached hydrogens (tertiary/aromatic N) is 2. The van der Waals surface area contributed by atoms with Crippen molar-refractivity contribution in [3.63, 3.8) is 0 Å². The molecule has 2 nitrogen and oxygen atoms in total. The van der Waals surface area contributed by atoms with E-state index in [1.54, 1.807) is 0 Å². The van der Waals surface area contributed by atoms with Gasteiger partial charge in [0.15, 0.2) is 0 Å². The summed E-state index contributed by atoms with van der Waals surface area (Å²) in [7, 11) is 0. The fraction of sp³-hybridized carbons (Fsp3) is 0.200. The molecule has 0 atom stereocenters. The van der Waals surface area contributed by atoms with Crippen LogP contribution in [0.4, 0.5) is 28.4 Å². The van der Waals surface area contributed by atoms with E-state index in [1.807, 2.05) is 11.3 Å². The first-order valence-corrected chi connectivity index (χ1v) is 22.2. The Morgan fingerprint density at radius 1 is 0.525 bits per heavy atom. The molecule has 0 radical (unpaired) electrons. The van der Waals surface area contributed by atoms with E-state index in [2.05, 4.69) is 203 Å². The average molecular weight is 779 g/mol. The zero-order chi connectivity index (χ0) is 40.0. The Balaban J connectivity index is 1.22. The molecular weight excluding hydrogens is 731 g/mol. The first kappa shape index (κ1) is 35.1. The zero-order valence-electron chi connectivity index (χ0n) is 34.7. The van der Waals surface area contributed by atoms with Crippen molar-refractivity contribution in [1.82, 2.24) is 0 Å². The monoisotopic (exact) mass is 778 g/mol. The number of anilines is 5.